The molecule has 1 atom stereocenters. The van der Waals surface area contributed by atoms with E-state index in [4.69, 9.17) is 4.74 Å². The number of amides is 1. The Kier molecular flexibility index (Phi) is 6.13. The van der Waals surface area contributed by atoms with Crippen LogP contribution in [-0.4, -0.2) is 48.6 Å². The summed E-state index contributed by atoms with van der Waals surface area (Å²) in [5, 5.41) is 6.54. The van der Waals surface area contributed by atoms with E-state index in [0.717, 1.165) is 30.0 Å². The zero-order valence-corrected chi connectivity index (χ0v) is 18.0. The van der Waals surface area contributed by atoms with E-state index in [9.17, 15) is 9.59 Å². The van der Waals surface area contributed by atoms with Crippen molar-refractivity contribution >= 4 is 11.9 Å². The van der Waals surface area contributed by atoms with E-state index in [2.05, 4.69) is 10.6 Å². The van der Waals surface area contributed by atoms with Crippen LogP contribution in [-0.2, 0) is 14.3 Å². The molecule has 156 valence electrons. The Labute approximate surface area is 173 Å². The molecule has 6 heteroatoms. The zero-order chi connectivity index (χ0) is 21.2. The van der Waals surface area contributed by atoms with Crippen molar-refractivity contribution in [1.82, 2.24) is 15.5 Å². The fraction of sp³-hybridized carbons (Fsp3) is 0.478. The van der Waals surface area contributed by atoms with E-state index in [1.807, 2.05) is 69.9 Å². The highest BCUT2D eigenvalue weighted by atomic mass is 16.6. The summed E-state index contributed by atoms with van der Waals surface area (Å²) in [7, 11) is 0. The van der Waals surface area contributed by atoms with E-state index in [1.54, 1.807) is 0 Å². The van der Waals surface area contributed by atoms with Crippen molar-refractivity contribution in [2.45, 2.75) is 46.1 Å². The largest absolute Gasteiger partial charge is 0.457 e. The number of nitrogens with one attached hydrogen (secondary N) is 2. The minimum atomic E-state index is -0.621. The Balaban J connectivity index is 2.07. The van der Waals surface area contributed by atoms with Crippen LogP contribution >= 0.6 is 0 Å². The standard InChI is InChI=1S/C23H31N3O3/c1-15-18(21(27)26-13-11-24-12-14-26)20(17-9-7-6-8-10-17)19(16(2)25-15)22(28)29-23(3,4)5/h6-10,20,24-25H,11-14H2,1-5H3. The van der Waals surface area contributed by atoms with Crippen molar-refractivity contribution < 1.29 is 14.3 Å². The van der Waals surface area contributed by atoms with Gasteiger partial charge < -0.3 is 20.3 Å². The second-order valence-corrected chi connectivity index (χ2v) is 8.59. The van der Waals surface area contributed by atoms with Crippen molar-refractivity contribution in [3.8, 4) is 0 Å². The Morgan fingerprint density at radius 1 is 1.00 bits per heavy atom. The molecule has 0 aromatic heterocycles. The third-order valence-corrected chi connectivity index (χ3v) is 5.15. The second-order valence-electron chi connectivity index (χ2n) is 8.59. The number of nitrogens with zero attached hydrogens (tertiary/aromatic N) is 1. The molecule has 0 saturated carbocycles. The number of carbonyl (C=O) groups excluding carboxylic acids is 2. The van der Waals surface area contributed by atoms with E-state index in [-0.39, 0.29) is 5.91 Å². The van der Waals surface area contributed by atoms with Crippen molar-refractivity contribution in [3.05, 3.63) is 58.4 Å². The maximum Gasteiger partial charge on any atom is 0.337 e. The number of benzene rings is 1. The maximum atomic E-state index is 13.5. The molecule has 1 aromatic rings. The number of carbonyl (C=O) groups is 2. The van der Waals surface area contributed by atoms with Gasteiger partial charge in [-0.25, -0.2) is 4.79 Å². The van der Waals surface area contributed by atoms with Crippen LogP contribution in [0.15, 0.2) is 52.9 Å². The van der Waals surface area contributed by atoms with Crippen LogP contribution in [0.3, 0.4) is 0 Å². The molecule has 0 bridgehead atoms. The molecule has 0 radical (unpaired) electrons. The zero-order valence-electron chi connectivity index (χ0n) is 18.0. The first-order valence-electron chi connectivity index (χ1n) is 10.2. The molecule has 1 saturated heterocycles. The summed E-state index contributed by atoms with van der Waals surface area (Å²) in [5.74, 6) is -0.886. The smallest absolute Gasteiger partial charge is 0.337 e. The highest BCUT2D eigenvalue weighted by Gasteiger charge is 2.39. The Morgan fingerprint density at radius 2 is 1.59 bits per heavy atom. The van der Waals surface area contributed by atoms with Crippen LogP contribution in [0.25, 0.3) is 0 Å². The molecule has 2 N–H and O–H groups in total. The third-order valence-electron chi connectivity index (χ3n) is 5.15. The molecule has 1 unspecified atom stereocenters. The van der Waals surface area contributed by atoms with E-state index < -0.39 is 17.5 Å². The fourth-order valence-electron chi connectivity index (χ4n) is 3.90. The average molecular weight is 398 g/mol. The topological polar surface area (TPSA) is 70.7 Å². The number of dihydropyridines is 1. The van der Waals surface area contributed by atoms with Gasteiger partial charge in [0.2, 0.25) is 0 Å². The molecule has 1 amide bonds. The van der Waals surface area contributed by atoms with Crippen molar-refractivity contribution in [2.75, 3.05) is 26.2 Å². The fourth-order valence-corrected chi connectivity index (χ4v) is 3.90. The first kappa shape index (κ1) is 21.1. The SMILES string of the molecule is CC1=C(C(=O)OC(C)(C)C)C(c2ccccc2)C(C(=O)N2CCNCC2)=C(C)N1. The molecule has 2 aliphatic rings. The second kappa shape index (κ2) is 8.41. The van der Waals surface area contributed by atoms with Gasteiger partial charge in [0.25, 0.3) is 5.91 Å². The molecule has 0 spiro atoms. The number of piperazine rings is 1. The quantitative estimate of drug-likeness (QED) is 0.768. The summed E-state index contributed by atoms with van der Waals surface area (Å²) in [4.78, 5) is 28.6. The highest BCUT2D eigenvalue weighted by molar-refractivity contribution is 6.02. The van der Waals surface area contributed by atoms with Gasteiger partial charge in [-0.1, -0.05) is 30.3 Å². The van der Waals surface area contributed by atoms with Crippen molar-refractivity contribution in [1.29, 1.82) is 0 Å². The molecule has 1 aromatic carbocycles. The number of allylic oxidation sites excluding steroid dienone is 2. The van der Waals surface area contributed by atoms with Gasteiger partial charge in [0.1, 0.15) is 5.60 Å². The molecule has 6 nitrogen and oxygen atoms in total. The average Bonchev–Trinajstić information content (AvgIpc) is 2.67. The summed E-state index contributed by atoms with van der Waals surface area (Å²) in [6.45, 7) is 12.2. The van der Waals surface area contributed by atoms with Crippen LogP contribution in [0.4, 0.5) is 0 Å². The monoisotopic (exact) mass is 397 g/mol. The molecule has 1 fully saturated rings. The summed E-state index contributed by atoms with van der Waals surface area (Å²) < 4.78 is 5.71. The number of esters is 1. The van der Waals surface area contributed by atoms with Crippen LogP contribution in [0.2, 0.25) is 0 Å². The van der Waals surface area contributed by atoms with Gasteiger partial charge in [-0.05, 0) is 40.2 Å². The molecule has 2 heterocycles. The predicted molar refractivity (Wildman–Crippen MR) is 113 cm³/mol. The van der Waals surface area contributed by atoms with Gasteiger partial charge in [-0.2, -0.15) is 0 Å². The number of ether oxygens (including phenoxy) is 1. The molecule has 29 heavy (non-hydrogen) atoms. The lowest BCUT2D eigenvalue weighted by molar-refractivity contribution is -0.150. The predicted octanol–water partition coefficient (Wildman–Crippen LogP) is 2.69. The van der Waals surface area contributed by atoms with E-state index in [1.165, 1.54) is 0 Å². The summed E-state index contributed by atoms with van der Waals surface area (Å²) >= 11 is 0. The lowest BCUT2D eigenvalue weighted by Crippen LogP contribution is -2.48. The number of hydrogen-bond acceptors (Lipinski definition) is 5. The number of rotatable bonds is 3. The minimum Gasteiger partial charge on any atom is -0.457 e. The highest BCUT2D eigenvalue weighted by Crippen LogP contribution is 2.40. The summed E-state index contributed by atoms with van der Waals surface area (Å²) in [6, 6.07) is 9.73. The van der Waals surface area contributed by atoms with Gasteiger partial charge in [-0.3, -0.25) is 4.79 Å². The first-order chi connectivity index (χ1) is 13.7. The lowest BCUT2D eigenvalue weighted by Gasteiger charge is -2.36. The Morgan fingerprint density at radius 3 is 2.17 bits per heavy atom. The third kappa shape index (κ3) is 4.70. The number of hydrogen-bond donors (Lipinski definition) is 2. The molecular weight excluding hydrogens is 366 g/mol. The van der Waals surface area contributed by atoms with E-state index in [0.29, 0.717) is 24.2 Å². The molecule has 3 rings (SSSR count). The molecular formula is C23H31N3O3. The minimum absolute atomic E-state index is 0.0288. The van der Waals surface area contributed by atoms with Crippen LogP contribution in [0.1, 0.15) is 46.1 Å². The Hall–Kier alpha value is -2.60. The molecule has 2 aliphatic heterocycles. The van der Waals surface area contributed by atoms with E-state index >= 15 is 0 Å². The molecule has 0 aliphatic carbocycles. The maximum absolute atomic E-state index is 13.5. The first-order valence-corrected chi connectivity index (χ1v) is 10.2. The van der Waals surface area contributed by atoms with Gasteiger partial charge >= 0.3 is 5.97 Å². The summed E-state index contributed by atoms with van der Waals surface area (Å²) in [6.07, 6.45) is 0. The van der Waals surface area contributed by atoms with Gasteiger partial charge in [0.15, 0.2) is 0 Å². The van der Waals surface area contributed by atoms with Crippen molar-refractivity contribution in [2.24, 2.45) is 0 Å². The Bertz CT molecular complexity index is 844. The summed E-state index contributed by atoms with van der Waals surface area (Å²) in [5.41, 5.74) is 2.91. The van der Waals surface area contributed by atoms with Crippen LogP contribution in [0, 0.1) is 0 Å². The van der Waals surface area contributed by atoms with Crippen LogP contribution < -0.4 is 10.6 Å². The van der Waals surface area contributed by atoms with Gasteiger partial charge in [-0.15, -0.1) is 0 Å². The van der Waals surface area contributed by atoms with Gasteiger partial charge in [0.05, 0.1) is 11.5 Å². The normalized spacial score (nSPS) is 20.4. The van der Waals surface area contributed by atoms with Crippen molar-refractivity contribution in [3.63, 3.8) is 0 Å². The van der Waals surface area contributed by atoms with Gasteiger partial charge in [0, 0.05) is 43.1 Å². The lowest BCUT2D eigenvalue weighted by atomic mass is 9.79. The van der Waals surface area contributed by atoms with Crippen LogP contribution in [0.5, 0.6) is 0 Å².